The van der Waals surface area contributed by atoms with Crippen LogP contribution in [-0.4, -0.2) is 14.6 Å². The van der Waals surface area contributed by atoms with E-state index in [1.807, 2.05) is 6.92 Å². The van der Waals surface area contributed by atoms with E-state index in [1.165, 1.54) is 0 Å². The lowest BCUT2D eigenvalue weighted by atomic mass is 10.5. The second-order valence-corrected chi connectivity index (χ2v) is 3.82. The van der Waals surface area contributed by atoms with Gasteiger partial charge in [-0.25, -0.2) is 4.98 Å². The average Bonchev–Trinajstić information content (AvgIpc) is 2.32. The minimum Gasteiger partial charge on any atom is -0.383 e. The summed E-state index contributed by atoms with van der Waals surface area (Å²) < 4.78 is 2.37. The monoisotopic (exact) mass is 260 g/mol. The summed E-state index contributed by atoms with van der Waals surface area (Å²) in [5.74, 6) is 0.476. The zero-order valence-electron chi connectivity index (χ0n) is 6.75. The molecule has 0 saturated heterocycles. The van der Waals surface area contributed by atoms with Crippen LogP contribution in [0.4, 0.5) is 5.82 Å². The van der Waals surface area contributed by atoms with Gasteiger partial charge in [-0.2, -0.15) is 9.61 Å². The maximum absolute atomic E-state index is 5.75. The molecule has 0 spiro atoms. The number of rotatable bonds is 0. The molecule has 0 saturated carbocycles. The third-order valence-corrected chi connectivity index (χ3v) is 2.81. The second kappa shape index (κ2) is 2.85. The van der Waals surface area contributed by atoms with E-state index in [0.29, 0.717) is 16.6 Å². The maximum atomic E-state index is 5.75. The number of hydrogen-bond acceptors (Lipinski definition) is 3. The molecule has 0 aliphatic carbocycles. The first kappa shape index (κ1) is 8.77. The molecule has 4 nitrogen and oxygen atoms in total. The van der Waals surface area contributed by atoms with Gasteiger partial charge >= 0.3 is 0 Å². The lowest BCUT2D eigenvalue weighted by molar-refractivity contribution is 0.929. The molecule has 6 heteroatoms. The normalized spacial score (nSPS) is 11.0. The van der Waals surface area contributed by atoms with Crippen LogP contribution in [0.15, 0.2) is 10.5 Å². The number of hydrogen-bond donors (Lipinski definition) is 1. The average molecular weight is 262 g/mol. The van der Waals surface area contributed by atoms with E-state index in [1.54, 1.807) is 10.6 Å². The van der Waals surface area contributed by atoms with Gasteiger partial charge in [0.25, 0.3) is 0 Å². The molecule has 0 amide bonds. The fraction of sp³-hybridized carbons (Fsp3) is 0.143. The van der Waals surface area contributed by atoms with Crippen LogP contribution in [-0.2, 0) is 0 Å². The fourth-order valence-corrected chi connectivity index (χ4v) is 1.62. The molecule has 0 radical (unpaired) electrons. The number of aromatic nitrogens is 3. The topological polar surface area (TPSA) is 56.2 Å². The second-order valence-electron chi connectivity index (χ2n) is 2.64. The molecule has 68 valence electrons. The summed E-state index contributed by atoms with van der Waals surface area (Å²) in [6.45, 7) is 1.87. The number of anilines is 1. The van der Waals surface area contributed by atoms with Crippen molar-refractivity contribution in [1.29, 1.82) is 0 Å². The van der Waals surface area contributed by atoms with E-state index in [9.17, 15) is 0 Å². The highest BCUT2D eigenvalue weighted by molar-refractivity contribution is 9.10. The smallest absolute Gasteiger partial charge is 0.173 e. The molecule has 13 heavy (non-hydrogen) atoms. The van der Waals surface area contributed by atoms with Crippen LogP contribution in [0.5, 0.6) is 0 Å². The molecular weight excluding hydrogens is 255 g/mol. The Morgan fingerprint density at radius 3 is 3.00 bits per heavy atom. The van der Waals surface area contributed by atoms with Crippen molar-refractivity contribution in [3.8, 4) is 0 Å². The predicted octanol–water partition coefficient (Wildman–Crippen LogP) is 2.04. The van der Waals surface area contributed by atoms with Crippen molar-refractivity contribution < 1.29 is 0 Å². The zero-order chi connectivity index (χ0) is 9.59. The van der Waals surface area contributed by atoms with E-state index in [-0.39, 0.29) is 0 Å². The van der Waals surface area contributed by atoms with Crippen molar-refractivity contribution >= 4 is 39.0 Å². The third kappa shape index (κ3) is 1.28. The van der Waals surface area contributed by atoms with Crippen LogP contribution in [0, 0.1) is 6.92 Å². The van der Waals surface area contributed by atoms with Gasteiger partial charge in [-0.1, -0.05) is 11.6 Å². The van der Waals surface area contributed by atoms with Crippen LogP contribution in [0.3, 0.4) is 0 Å². The molecule has 2 heterocycles. The van der Waals surface area contributed by atoms with Gasteiger partial charge in [-0.05, 0) is 22.9 Å². The van der Waals surface area contributed by atoms with E-state index in [0.717, 1.165) is 10.2 Å². The number of nitrogen functional groups attached to an aromatic ring is 1. The Balaban J connectivity index is 2.94. The third-order valence-electron chi connectivity index (χ3n) is 1.69. The van der Waals surface area contributed by atoms with Crippen molar-refractivity contribution in [2.24, 2.45) is 0 Å². The first-order valence-electron chi connectivity index (χ1n) is 3.56. The van der Waals surface area contributed by atoms with Crippen LogP contribution in [0.25, 0.3) is 5.65 Å². The van der Waals surface area contributed by atoms with Gasteiger partial charge < -0.3 is 5.73 Å². The zero-order valence-corrected chi connectivity index (χ0v) is 9.09. The molecule has 0 aliphatic heterocycles. The standard InChI is InChI=1S/C7H6BrClN4/c1-3-6(8)7-11-4(9)2-5(10)13(7)12-3/h2H,10H2,1H3. The molecule has 2 aromatic rings. The van der Waals surface area contributed by atoms with Crippen LogP contribution < -0.4 is 5.73 Å². The molecule has 0 aromatic carbocycles. The molecule has 2 aromatic heterocycles. The number of nitrogens with two attached hydrogens (primary N) is 1. The van der Waals surface area contributed by atoms with Gasteiger partial charge in [0.15, 0.2) is 5.65 Å². The first-order valence-corrected chi connectivity index (χ1v) is 4.73. The molecule has 0 aliphatic rings. The van der Waals surface area contributed by atoms with E-state index < -0.39 is 0 Å². The lowest BCUT2D eigenvalue weighted by Gasteiger charge is -1.97. The largest absolute Gasteiger partial charge is 0.383 e. The number of fused-ring (bicyclic) bond motifs is 1. The predicted molar refractivity (Wildman–Crippen MR) is 54.8 cm³/mol. The highest BCUT2D eigenvalue weighted by Crippen LogP contribution is 2.23. The Morgan fingerprint density at radius 2 is 2.31 bits per heavy atom. The van der Waals surface area contributed by atoms with Crippen molar-refractivity contribution in [2.75, 3.05) is 5.73 Å². The van der Waals surface area contributed by atoms with Crippen molar-refractivity contribution in [1.82, 2.24) is 14.6 Å². The summed E-state index contributed by atoms with van der Waals surface area (Å²) in [5, 5.41) is 4.54. The van der Waals surface area contributed by atoms with Crippen molar-refractivity contribution in [2.45, 2.75) is 6.92 Å². The van der Waals surface area contributed by atoms with Gasteiger partial charge in [0, 0.05) is 6.07 Å². The lowest BCUT2D eigenvalue weighted by Crippen LogP contribution is -1.99. The summed E-state index contributed by atoms with van der Waals surface area (Å²) >= 11 is 9.11. The molecule has 2 N–H and O–H groups in total. The summed E-state index contributed by atoms with van der Waals surface area (Å²) in [7, 11) is 0. The van der Waals surface area contributed by atoms with Gasteiger partial charge in [-0.15, -0.1) is 0 Å². The van der Waals surface area contributed by atoms with Crippen LogP contribution >= 0.6 is 27.5 Å². The van der Waals surface area contributed by atoms with Crippen LogP contribution in [0.1, 0.15) is 5.69 Å². The van der Waals surface area contributed by atoms with E-state index >= 15 is 0 Å². The SMILES string of the molecule is Cc1nn2c(N)cc(Cl)nc2c1Br. The first-order chi connectivity index (χ1) is 6.09. The molecule has 2 rings (SSSR count). The molecule has 0 unspecified atom stereocenters. The molecule has 0 fully saturated rings. The molecule has 0 atom stereocenters. The molecule has 0 bridgehead atoms. The Kier molecular flexibility index (Phi) is 1.92. The van der Waals surface area contributed by atoms with E-state index in [4.69, 9.17) is 17.3 Å². The highest BCUT2D eigenvalue weighted by Gasteiger charge is 2.10. The Bertz CT molecular complexity index is 479. The number of nitrogens with zero attached hydrogens (tertiary/aromatic N) is 3. The van der Waals surface area contributed by atoms with Crippen LogP contribution in [0.2, 0.25) is 5.15 Å². The van der Waals surface area contributed by atoms with Gasteiger partial charge in [-0.3, -0.25) is 0 Å². The summed E-state index contributed by atoms with van der Waals surface area (Å²) in [4.78, 5) is 4.10. The fourth-order valence-electron chi connectivity index (χ4n) is 1.09. The van der Waals surface area contributed by atoms with Gasteiger partial charge in [0.2, 0.25) is 0 Å². The number of halogens is 2. The quantitative estimate of drug-likeness (QED) is 0.738. The summed E-state index contributed by atoms with van der Waals surface area (Å²) in [5.41, 5.74) is 7.17. The minimum absolute atomic E-state index is 0.366. The summed E-state index contributed by atoms with van der Waals surface area (Å²) in [6, 6.07) is 1.56. The van der Waals surface area contributed by atoms with Crippen molar-refractivity contribution in [3.63, 3.8) is 0 Å². The van der Waals surface area contributed by atoms with Gasteiger partial charge in [0.1, 0.15) is 11.0 Å². The Labute approximate surface area is 87.8 Å². The molecular formula is C7H6BrClN4. The summed E-state index contributed by atoms with van der Waals surface area (Å²) in [6.07, 6.45) is 0. The minimum atomic E-state index is 0.366. The van der Waals surface area contributed by atoms with Gasteiger partial charge in [0.05, 0.1) is 10.2 Å². The van der Waals surface area contributed by atoms with Crippen molar-refractivity contribution in [3.05, 3.63) is 21.4 Å². The Hall–Kier alpha value is -0.810. The number of aryl methyl sites for hydroxylation is 1. The van der Waals surface area contributed by atoms with E-state index in [2.05, 4.69) is 26.0 Å². The maximum Gasteiger partial charge on any atom is 0.173 e. The Morgan fingerprint density at radius 1 is 1.62 bits per heavy atom. The highest BCUT2D eigenvalue weighted by atomic mass is 79.9.